The minimum absolute atomic E-state index is 0.00315. The van der Waals surface area contributed by atoms with Crippen molar-refractivity contribution in [3.05, 3.63) is 0 Å². The quantitative estimate of drug-likeness (QED) is 0.644. The molecule has 2 rings (SSSR count). The summed E-state index contributed by atoms with van der Waals surface area (Å²) in [6.45, 7) is 1.12. The lowest BCUT2D eigenvalue weighted by molar-refractivity contribution is -0.149. The van der Waals surface area contributed by atoms with Crippen molar-refractivity contribution in [3.8, 4) is 0 Å². The topological polar surface area (TPSA) is 38.3 Å². The Labute approximate surface area is 85.2 Å². The summed E-state index contributed by atoms with van der Waals surface area (Å²) in [4.78, 5) is 11.6. The van der Waals surface area contributed by atoms with Gasteiger partial charge < -0.3 is 10.1 Å². The van der Waals surface area contributed by atoms with Crippen molar-refractivity contribution < 1.29 is 9.53 Å². The Balaban J connectivity index is 2.04. The van der Waals surface area contributed by atoms with Gasteiger partial charge in [0.2, 0.25) is 0 Å². The first-order valence-electron chi connectivity index (χ1n) is 5.64. The van der Waals surface area contributed by atoms with Crippen LogP contribution in [-0.2, 0) is 9.53 Å². The fourth-order valence-electron chi connectivity index (χ4n) is 2.99. The summed E-state index contributed by atoms with van der Waals surface area (Å²) in [5.74, 6) is 0.694. The Bertz CT molecular complexity index is 215. The van der Waals surface area contributed by atoms with E-state index in [9.17, 15) is 4.79 Å². The number of carbonyl (C=O) groups is 1. The Morgan fingerprint density at radius 1 is 1.29 bits per heavy atom. The summed E-state index contributed by atoms with van der Waals surface area (Å²) in [6.07, 6.45) is 5.81. The molecular formula is C11H19NO2. The third-order valence-electron chi connectivity index (χ3n) is 3.69. The van der Waals surface area contributed by atoms with E-state index in [0.717, 1.165) is 19.4 Å². The fraction of sp³-hybridized carbons (Fsp3) is 0.909. The second-order valence-electron chi connectivity index (χ2n) is 4.43. The highest BCUT2D eigenvalue weighted by atomic mass is 16.5. The van der Waals surface area contributed by atoms with Gasteiger partial charge in [0.1, 0.15) is 0 Å². The number of methoxy groups -OCH3 is 1. The van der Waals surface area contributed by atoms with Crippen LogP contribution in [-0.4, -0.2) is 25.7 Å². The van der Waals surface area contributed by atoms with Crippen LogP contribution < -0.4 is 5.32 Å². The molecular weight excluding hydrogens is 178 g/mol. The second-order valence-corrected chi connectivity index (χ2v) is 4.43. The minimum Gasteiger partial charge on any atom is -0.469 e. The van der Waals surface area contributed by atoms with Gasteiger partial charge in [-0.3, -0.25) is 4.79 Å². The van der Waals surface area contributed by atoms with E-state index in [4.69, 9.17) is 4.74 Å². The molecule has 2 fully saturated rings. The molecule has 14 heavy (non-hydrogen) atoms. The van der Waals surface area contributed by atoms with Crippen molar-refractivity contribution in [1.82, 2.24) is 5.32 Å². The molecule has 0 spiro atoms. The number of piperidine rings is 1. The van der Waals surface area contributed by atoms with Gasteiger partial charge in [0.05, 0.1) is 13.0 Å². The molecule has 0 amide bonds. The summed E-state index contributed by atoms with van der Waals surface area (Å²) in [5, 5.41) is 3.52. The molecule has 0 unspecified atom stereocenters. The lowest BCUT2D eigenvalue weighted by Gasteiger charge is -2.40. The molecule has 2 aliphatic rings. The zero-order chi connectivity index (χ0) is 9.97. The van der Waals surface area contributed by atoms with Crippen LogP contribution in [0.2, 0.25) is 0 Å². The van der Waals surface area contributed by atoms with Crippen LogP contribution in [0.4, 0.5) is 0 Å². The van der Waals surface area contributed by atoms with Crippen molar-refractivity contribution >= 4 is 5.97 Å². The Hall–Kier alpha value is -0.570. The third kappa shape index (κ3) is 1.78. The number of ether oxygens (including phenoxy) is 1. The first-order chi connectivity index (χ1) is 6.83. The van der Waals surface area contributed by atoms with E-state index in [1.807, 2.05) is 0 Å². The van der Waals surface area contributed by atoms with Gasteiger partial charge in [-0.1, -0.05) is 6.42 Å². The van der Waals surface area contributed by atoms with Crippen molar-refractivity contribution in [2.45, 2.75) is 38.1 Å². The maximum Gasteiger partial charge on any atom is 0.308 e. The number of nitrogens with one attached hydrogen (secondary N) is 1. The molecule has 0 aromatic heterocycles. The summed E-state index contributed by atoms with van der Waals surface area (Å²) in [7, 11) is 1.50. The largest absolute Gasteiger partial charge is 0.469 e. The summed E-state index contributed by atoms with van der Waals surface area (Å²) in [5.41, 5.74) is 0. The van der Waals surface area contributed by atoms with Crippen LogP contribution >= 0.6 is 0 Å². The first kappa shape index (κ1) is 9.97. The van der Waals surface area contributed by atoms with Gasteiger partial charge in [0, 0.05) is 6.04 Å². The number of esters is 1. The van der Waals surface area contributed by atoms with Crippen molar-refractivity contribution in [1.29, 1.82) is 0 Å². The zero-order valence-electron chi connectivity index (χ0n) is 8.79. The van der Waals surface area contributed by atoms with Crippen molar-refractivity contribution in [2.75, 3.05) is 13.7 Å². The number of fused-ring (bicyclic) bond motifs is 1. The molecule has 1 aliphatic carbocycles. The molecule has 3 atom stereocenters. The second kappa shape index (κ2) is 4.30. The molecule has 80 valence electrons. The lowest BCUT2D eigenvalue weighted by Crippen LogP contribution is -2.48. The van der Waals surface area contributed by atoms with Gasteiger partial charge in [-0.15, -0.1) is 0 Å². The smallest absolute Gasteiger partial charge is 0.308 e. The number of hydrogen-bond acceptors (Lipinski definition) is 3. The molecule has 0 aromatic rings. The van der Waals surface area contributed by atoms with Gasteiger partial charge >= 0.3 is 5.97 Å². The maximum atomic E-state index is 11.6. The van der Waals surface area contributed by atoms with E-state index >= 15 is 0 Å². The van der Waals surface area contributed by atoms with Crippen molar-refractivity contribution in [3.63, 3.8) is 0 Å². The van der Waals surface area contributed by atoms with Gasteiger partial charge in [-0.2, -0.15) is 0 Å². The monoisotopic (exact) mass is 197 g/mol. The Kier molecular flexibility index (Phi) is 3.06. The van der Waals surface area contributed by atoms with E-state index in [-0.39, 0.29) is 11.9 Å². The number of carbonyl (C=O) groups excluding carboxylic acids is 1. The standard InChI is InChI=1S/C11H19NO2/c1-14-11(13)9-4-2-6-10-8(9)5-3-7-12-10/h8-10,12H,2-7H2,1H3/t8-,9+,10+/m0/s1. The summed E-state index contributed by atoms with van der Waals surface area (Å²) in [6, 6.07) is 0.571. The summed E-state index contributed by atoms with van der Waals surface area (Å²) >= 11 is 0. The van der Waals surface area contributed by atoms with Crippen LogP contribution in [0.1, 0.15) is 32.1 Å². The van der Waals surface area contributed by atoms with Gasteiger partial charge in [-0.05, 0) is 38.1 Å². The van der Waals surface area contributed by atoms with E-state index < -0.39 is 0 Å². The van der Waals surface area contributed by atoms with Crippen molar-refractivity contribution in [2.24, 2.45) is 11.8 Å². The van der Waals surface area contributed by atoms with E-state index in [1.54, 1.807) is 0 Å². The van der Waals surface area contributed by atoms with Gasteiger partial charge in [-0.25, -0.2) is 0 Å². The molecule has 0 aromatic carbocycles. The molecule has 3 heteroatoms. The van der Waals surface area contributed by atoms with Crippen LogP contribution in [0.25, 0.3) is 0 Å². The molecule has 1 N–H and O–H groups in total. The Morgan fingerprint density at radius 3 is 2.93 bits per heavy atom. The molecule has 1 heterocycles. The molecule has 1 saturated heterocycles. The molecule has 0 bridgehead atoms. The van der Waals surface area contributed by atoms with Crippen LogP contribution in [0.3, 0.4) is 0 Å². The van der Waals surface area contributed by atoms with Gasteiger partial charge in [0.15, 0.2) is 0 Å². The highest BCUT2D eigenvalue weighted by Gasteiger charge is 2.38. The highest BCUT2D eigenvalue weighted by Crippen LogP contribution is 2.36. The minimum atomic E-state index is 0.00315. The average Bonchev–Trinajstić information content (AvgIpc) is 2.27. The Morgan fingerprint density at radius 2 is 2.14 bits per heavy atom. The molecule has 1 aliphatic heterocycles. The SMILES string of the molecule is COC(=O)[C@@H]1CCC[C@H]2NCCC[C@H]21. The average molecular weight is 197 g/mol. The predicted octanol–water partition coefficient (Wildman–Crippen LogP) is 1.33. The van der Waals surface area contributed by atoms with Gasteiger partial charge in [0.25, 0.3) is 0 Å². The third-order valence-corrected chi connectivity index (χ3v) is 3.69. The molecule has 1 saturated carbocycles. The summed E-state index contributed by atoms with van der Waals surface area (Å²) < 4.78 is 4.87. The van der Waals surface area contributed by atoms with Crippen LogP contribution in [0.5, 0.6) is 0 Å². The van der Waals surface area contributed by atoms with Crippen LogP contribution in [0, 0.1) is 11.8 Å². The number of hydrogen-bond donors (Lipinski definition) is 1. The van der Waals surface area contributed by atoms with Crippen LogP contribution in [0.15, 0.2) is 0 Å². The van der Waals surface area contributed by atoms with E-state index in [2.05, 4.69) is 5.32 Å². The fourth-order valence-corrected chi connectivity index (χ4v) is 2.99. The zero-order valence-corrected chi connectivity index (χ0v) is 8.79. The molecule has 0 radical (unpaired) electrons. The highest BCUT2D eigenvalue weighted by molar-refractivity contribution is 5.72. The normalized spacial score (nSPS) is 37.4. The predicted molar refractivity (Wildman–Crippen MR) is 53.9 cm³/mol. The van der Waals surface area contributed by atoms with E-state index in [1.165, 1.54) is 26.4 Å². The van der Waals surface area contributed by atoms with E-state index in [0.29, 0.717) is 12.0 Å². The number of rotatable bonds is 1. The lowest BCUT2D eigenvalue weighted by atomic mass is 9.72. The maximum absolute atomic E-state index is 11.6. The first-order valence-corrected chi connectivity index (χ1v) is 5.64. The molecule has 3 nitrogen and oxygen atoms in total.